The van der Waals surface area contributed by atoms with Gasteiger partial charge >= 0.3 is 0 Å². The minimum absolute atomic E-state index is 0.147. The molecule has 1 N–H and O–H groups in total. The third kappa shape index (κ3) is 1.96. The van der Waals surface area contributed by atoms with Gasteiger partial charge in [-0.15, -0.1) is 0 Å². The average molecular weight is 227 g/mol. The van der Waals surface area contributed by atoms with Crippen molar-refractivity contribution in [2.75, 3.05) is 6.54 Å². The van der Waals surface area contributed by atoms with Gasteiger partial charge in [-0.05, 0) is 28.8 Å². The fourth-order valence-electron chi connectivity index (χ4n) is 2.50. The summed E-state index contributed by atoms with van der Waals surface area (Å²) in [6.07, 6.45) is 0. The highest BCUT2D eigenvalue weighted by atomic mass is 19.1. The molecule has 2 heteroatoms. The summed E-state index contributed by atoms with van der Waals surface area (Å²) in [6.45, 7) is 1.71. The lowest BCUT2D eigenvalue weighted by Crippen LogP contribution is -2.28. The summed E-state index contributed by atoms with van der Waals surface area (Å²) in [7, 11) is 0. The Balaban J connectivity index is 2.08. The Morgan fingerprint density at radius 3 is 2.71 bits per heavy atom. The van der Waals surface area contributed by atoms with E-state index in [-0.39, 0.29) is 11.7 Å². The Kier molecular flexibility index (Phi) is 2.65. The monoisotopic (exact) mass is 227 g/mol. The number of halogens is 1. The third-order valence-electron chi connectivity index (χ3n) is 3.35. The normalized spacial score (nSPS) is 18.8. The van der Waals surface area contributed by atoms with Crippen molar-refractivity contribution in [2.24, 2.45) is 0 Å². The van der Waals surface area contributed by atoms with Crippen molar-refractivity contribution < 1.29 is 4.39 Å². The Labute approximate surface area is 100 Å². The maximum atomic E-state index is 13.4. The molecule has 0 saturated heterocycles. The van der Waals surface area contributed by atoms with Crippen molar-refractivity contribution in [2.45, 2.75) is 12.5 Å². The fourth-order valence-corrected chi connectivity index (χ4v) is 2.50. The van der Waals surface area contributed by atoms with Crippen molar-refractivity contribution >= 4 is 0 Å². The van der Waals surface area contributed by atoms with Crippen LogP contribution in [0.2, 0.25) is 0 Å². The Morgan fingerprint density at radius 2 is 1.88 bits per heavy atom. The average Bonchev–Trinajstić information content (AvgIpc) is 2.39. The molecular formula is C15H14FN. The molecule has 1 heterocycles. The van der Waals surface area contributed by atoms with Crippen LogP contribution in [0.1, 0.15) is 22.6 Å². The Bertz CT molecular complexity index is 522. The second-order valence-corrected chi connectivity index (χ2v) is 4.44. The van der Waals surface area contributed by atoms with Crippen LogP contribution in [0.3, 0.4) is 0 Å². The van der Waals surface area contributed by atoms with Crippen molar-refractivity contribution in [1.29, 1.82) is 0 Å². The first kappa shape index (κ1) is 10.5. The molecule has 0 aliphatic carbocycles. The van der Waals surface area contributed by atoms with Crippen LogP contribution < -0.4 is 5.32 Å². The third-order valence-corrected chi connectivity index (χ3v) is 3.35. The van der Waals surface area contributed by atoms with Gasteiger partial charge in [-0.2, -0.15) is 0 Å². The largest absolute Gasteiger partial charge is 0.312 e. The fraction of sp³-hybridized carbons (Fsp3) is 0.200. The molecule has 0 saturated carbocycles. The van der Waals surface area contributed by atoms with Crippen LogP contribution in [0.25, 0.3) is 0 Å². The number of rotatable bonds is 1. The number of benzene rings is 2. The topological polar surface area (TPSA) is 12.0 Å². The summed E-state index contributed by atoms with van der Waals surface area (Å²) < 4.78 is 13.4. The highest BCUT2D eigenvalue weighted by Crippen LogP contribution is 2.30. The number of fused-ring (bicyclic) bond motifs is 1. The van der Waals surface area contributed by atoms with E-state index in [1.807, 2.05) is 24.3 Å². The van der Waals surface area contributed by atoms with Crippen LogP contribution in [-0.4, -0.2) is 6.54 Å². The van der Waals surface area contributed by atoms with Gasteiger partial charge in [0.15, 0.2) is 0 Å². The molecule has 0 spiro atoms. The van der Waals surface area contributed by atoms with E-state index in [2.05, 4.69) is 17.4 Å². The second kappa shape index (κ2) is 4.30. The molecule has 1 aliphatic rings. The molecule has 17 heavy (non-hydrogen) atoms. The molecule has 0 amide bonds. The maximum absolute atomic E-state index is 13.4. The van der Waals surface area contributed by atoms with E-state index in [9.17, 15) is 4.39 Å². The lowest BCUT2D eigenvalue weighted by atomic mass is 9.85. The van der Waals surface area contributed by atoms with Gasteiger partial charge in [0.25, 0.3) is 0 Å². The Hall–Kier alpha value is -1.67. The van der Waals surface area contributed by atoms with Gasteiger partial charge in [0, 0.05) is 19.0 Å². The minimum atomic E-state index is -0.147. The number of nitrogens with one attached hydrogen (secondary N) is 1. The van der Waals surface area contributed by atoms with Crippen molar-refractivity contribution in [3.05, 3.63) is 71.0 Å². The van der Waals surface area contributed by atoms with E-state index in [0.29, 0.717) is 0 Å². The second-order valence-electron chi connectivity index (χ2n) is 4.44. The molecule has 1 aliphatic heterocycles. The van der Waals surface area contributed by atoms with Gasteiger partial charge in [0.2, 0.25) is 0 Å². The molecule has 1 nitrogen and oxygen atoms in total. The highest BCUT2D eigenvalue weighted by molar-refractivity contribution is 5.40. The summed E-state index contributed by atoms with van der Waals surface area (Å²) in [5.41, 5.74) is 3.56. The first-order chi connectivity index (χ1) is 8.34. The van der Waals surface area contributed by atoms with Gasteiger partial charge in [-0.1, -0.05) is 36.4 Å². The zero-order valence-corrected chi connectivity index (χ0v) is 9.49. The number of hydrogen-bond acceptors (Lipinski definition) is 1. The highest BCUT2D eigenvalue weighted by Gasteiger charge is 2.21. The first-order valence-corrected chi connectivity index (χ1v) is 5.88. The van der Waals surface area contributed by atoms with Crippen molar-refractivity contribution in [3.8, 4) is 0 Å². The zero-order valence-electron chi connectivity index (χ0n) is 9.49. The standard InChI is InChI=1S/C15H14FN/c16-13-7-6-12-9-17-10-15(14(12)8-13)11-4-2-1-3-5-11/h1-8,15,17H,9-10H2. The van der Waals surface area contributed by atoms with Crippen LogP contribution in [0, 0.1) is 5.82 Å². The zero-order chi connectivity index (χ0) is 11.7. The molecule has 1 atom stereocenters. The van der Waals surface area contributed by atoms with E-state index in [4.69, 9.17) is 0 Å². The van der Waals surface area contributed by atoms with Crippen LogP contribution in [-0.2, 0) is 6.54 Å². The van der Waals surface area contributed by atoms with Crippen LogP contribution in [0.4, 0.5) is 4.39 Å². The smallest absolute Gasteiger partial charge is 0.123 e. The van der Waals surface area contributed by atoms with E-state index in [1.165, 1.54) is 17.2 Å². The quantitative estimate of drug-likeness (QED) is 0.789. The summed E-state index contributed by atoms with van der Waals surface area (Å²) in [5.74, 6) is 0.113. The lowest BCUT2D eigenvalue weighted by molar-refractivity contribution is 0.575. The first-order valence-electron chi connectivity index (χ1n) is 5.88. The van der Waals surface area contributed by atoms with Crippen molar-refractivity contribution in [3.63, 3.8) is 0 Å². The maximum Gasteiger partial charge on any atom is 0.123 e. The molecule has 0 aromatic heterocycles. The predicted octanol–water partition coefficient (Wildman–Crippen LogP) is 3.06. The van der Waals surface area contributed by atoms with E-state index in [0.717, 1.165) is 18.7 Å². The molecule has 1 unspecified atom stereocenters. The van der Waals surface area contributed by atoms with Gasteiger partial charge < -0.3 is 5.32 Å². The molecule has 2 aromatic carbocycles. The van der Waals surface area contributed by atoms with E-state index < -0.39 is 0 Å². The molecule has 2 aromatic rings. The van der Waals surface area contributed by atoms with Gasteiger partial charge in [0.05, 0.1) is 0 Å². The Morgan fingerprint density at radius 1 is 1.06 bits per heavy atom. The molecule has 0 radical (unpaired) electrons. The van der Waals surface area contributed by atoms with Crippen molar-refractivity contribution in [1.82, 2.24) is 5.32 Å². The molecule has 0 fully saturated rings. The SMILES string of the molecule is Fc1ccc2c(c1)C(c1ccccc1)CNC2. The lowest BCUT2D eigenvalue weighted by Gasteiger charge is -2.26. The molecular weight excluding hydrogens is 213 g/mol. The predicted molar refractivity (Wildman–Crippen MR) is 66.4 cm³/mol. The van der Waals surface area contributed by atoms with Crippen LogP contribution >= 0.6 is 0 Å². The minimum Gasteiger partial charge on any atom is -0.312 e. The van der Waals surface area contributed by atoms with E-state index >= 15 is 0 Å². The van der Waals surface area contributed by atoms with E-state index in [1.54, 1.807) is 6.07 Å². The summed E-state index contributed by atoms with van der Waals surface area (Å²) in [6, 6.07) is 15.4. The van der Waals surface area contributed by atoms with Crippen LogP contribution in [0.5, 0.6) is 0 Å². The molecule has 86 valence electrons. The summed E-state index contributed by atoms with van der Waals surface area (Å²) in [5, 5.41) is 3.39. The molecule has 3 rings (SSSR count). The van der Waals surface area contributed by atoms with Crippen LogP contribution in [0.15, 0.2) is 48.5 Å². The summed E-state index contributed by atoms with van der Waals surface area (Å²) >= 11 is 0. The van der Waals surface area contributed by atoms with Gasteiger partial charge in [0.1, 0.15) is 5.82 Å². The number of hydrogen-bond donors (Lipinski definition) is 1. The van der Waals surface area contributed by atoms with Gasteiger partial charge in [-0.3, -0.25) is 0 Å². The molecule has 0 bridgehead atoms. The van der Waals surface area contributed by atoms with Gasteiger partial charge in [-0.25, -0.2) is 4.39 Å². The summed E-state index contributed by atoms with van der Waals surface area (Å²) in [4.78, 5) is 0.